The Hall–Kier alpha value is -0.400. The summed E-state index contributed by atoms with van der Waals surface area (Å²) >= 11 is 0. The number of rotatable bonds is 3. The highest BCUT2D eigenvalue weighted by Gasteiger charge is 2.45. The summed E-state index contributed by atoms with van der Waals surface area (Å²) in [6.45, 7) is 1.09. The van der Waals surface area contributed by atoms with Crippen LogP contribution in [0.15, 0.2) is 0 Å². The SMILES string of the molecule is C[C@@H]1O[C@@H](OC[C@H]2O[C@@H](O)[C@H](O)[C@@H](O)[C@@H]2O)[C@@H](O)[C@H](O)[C@@H]1O. The maximum atomic E-state index is 9.76. The molecular formula is C12H22O10. The molecule has 2 saturated heterocycles. The van der Waals surface area contributed by atoms with Crippen LogP contribution in [0.3, 0.4) is 0 Å². The van der Waals surface area contributed by atoms with Gasteiger partial charge in [-0.1, -0.05) is 0 Å². The van der Waals surface area contributed by atoms with Gasteiger partial charge in [0, 0.05) is 0 Å². The molecule has 2 heterocycles. The third-order valence-corrected chi connectivity index (χ3v) is 3.92. The van der Waals surface area contributed by atoms with E-state index < -0.39 is 61.4 Å². The van der Waals surface area contributed by atoms with Crippen LogP contribution in [0.1, 0.15) is 6.92 Å². The smallest absolute Gasteiger partial charge is 0.186 e. The van der Waals surface area contributed by atoms with E-state index in [1.165, 1.54) is 6.92 Å². The van der Waals surface area contributed by atoms with Crippen LogP contribution < -0.4 is 0 Å². The summed E-state index contributed by atoms with van der Waals surface area (Å²) < 4.78 is 15.3. The minimum absolute atomic E-state index is 0.390. The normalized spacial score (nSPS) is 53.5. The minimum Gasteiger partial charge on any atom is -0.388 e. The lowest BCUT2D eigenvalue weighted by molar-refractivity contribution is -0.322. The van der Waals surface area contributed by atoms with Crippen molar-refractivity contribution in [3.8, 4) is 0 Å². The average Bonchev–Trinajstić information content (AvgIpc) is 2.49. The van der Waals surface area contributed by atoms with Crippen molar-refractivity contribution in [2.24, 2.45) is 0 Å². The number of aliphatic hydroxyl groups excluding tert-OH is 7. The molecule has 10 nitrogen and oxygen atoms in total. The van der Waals surface area contributed by atoms with Crippen molar-refractivity contribution >= 4 is 0 Å². The molecule has 22 heavy (non-hydrogen) atoms. The molecule has 0 aromatic rings. The molecule has 0 aromatic carbocycles. The van der Waals surface area contributed by atoms with Crippen molar-refractivity contribution in [1.82, 2.24) is 0 Å². The molecular weight excluding hydrogens is 304 g/mol. The molecule has 2 aliphatic heterocycles. The molecule has 2 fully saturated rings. The highest BCUT2D eigenvalue weighted by Crippen LogP contribution is 2.24. The Labute approximate surface area is 126 Å². The second kappa shape index (κ2) is 7.01. The lowest BCUT2D eigenvalue weighted by Gasteiger charge is -2.41. The van der Waals surface area contributed by atoms with Gasteiger partial charge in [0.1, 0.15) is 42.7 Å². The van der Waals surface area contributed by atoms with E-state index in [0.717, 1.165) is 0 Å². The van der Waals surface area contributed by atoms with E-state index in [9.17, 15) is 35.7 Å². The predicted octanol–water partition coefficient (Wildman–Crippen LogP) is -4.37. The van der Waals surface area contributed by atoms with Gasteiger partial charge in [-0.15, -0.1) is 0 Å². The summed E-state index contributed by atoms with van der Waals surface area (Å²) in [5.74, 6) is 0. The van der Waals surface area contributed by atoms with E-state index in [0.29, 0.717) is 0 Å². The summed E-state index contributed by atoms with van der Waals surface area (Å²) in [5, 5.41) is 67.0. The van der Waals surface area contributed by atoms with Crippen molar-refractivity contribution < 1.29 is 50.0 Å². The van der Waals surface area contributed by atoms with Crippen LogP contribution in [-0.2, 0) is 14.2 Å². The molecule has 2 rings (SSSR count). The molecule has 0 bridgehead atoms. The zero-order valence-corrected chi connectivity index (χ0v) is 11.8. The fourth-order valence-corrected chi connectivity index (χ4v) is 2.41. The third-order valence-electron chi connectivity index (χ3n) is 3.92. The van der Waals surface area contributed by atoms with Gasteiger partial charge in [-0.2, -0.15) is 0 Å². The van der Waals surface area contributed by atoms with E-state index in [-0.39, 0.29) is 6.61 Å². The molecule has 0 aliphatic carbocycles. The van der Waals surface area contributed by atoms with Crippen molar-refractivity contribution in [2.45, 2.75) is 68.3 Å². The van der Waals surface area contributed by atoms with Gasteiger partial charge in [0.05, 0.1) is 12.7 Å². The number of aliphatic hydroxyl groups is 7. The van der Waals surface area contributed by atoms with E-state index in [2.05, 4.69) is 0 Å². The molecule has 0 aromatic heterocycles. The van der Waals surface area contributed by atoms with Crippen molar-refractivity contribution in [2.75, 3.05) is 6.61 Å². The first kappa shape index (κ1) is 17.9. The Balaban J connectivity index is 1.92. The van der Waals surface area contributed by atoms with Gasteiger partial charge >= 0.3 is 0 Å². The van der Waals surface area contributed by atoms with Gasteiger partial charge in [0.2, 0.25) is 0 Å². The molecule has 0 radical (unpaired) electrons. The maximum Gasteiger partial charge on any atom is 0.186 e. The Morgan fingerprint density at radius 2 is 1.32 bits per heavy atom. The first-order chi connectivity index (χ1) is 10.2. The first-order valence-electron chi connectivity index (χ1n) is 6.93. The molecule has 0 unspecified atom stereocenters. The van der Waals surface area contributed by atoms with Crippen LogP contribution in [0.5, 0.6) is 0 Å². The van der Waals surface area contributed by atoms with Gasteiger partial charge in [-0.25, -0.2) is 0 Å². The summed E-state index contributed by atoms with van der Waals surface area (Å²) in [6.07, 6.45) is -14.0. The van der Waals surface area contributed by atoms with Crippen LogP contribution in [0.2, 0.25) is 0 Å². The second-order valence-corrected chi connectivity index (χ2v) is 5.55. The lowest BCUT2D eigenvalue weighted by Crippen LogP contribution is -2.60. The van der Waals surface area contributed by atoms with E-state index >= 15 is 0 Å². The van der Waals surface area contributed by atoms with Crippen LogP contribution in [0.4, 0.5) is 0 Å². The summed E-state index contributed by atoms with van der Waals surface area (Å²) in [5.41, 5.74) is 0. The Morgan fingerprint density at radius 3 is 1.95 bits per heavy atom. The van der Waals surface area contributed by atoms with E-state index in [1.807, 2.05) is 0 Å². The fourth-order valence-electron chi connectivity index (χ4n) is 2.41. The van der Waals surface area contributed by atoms with Crippen molar-refractivity contribution in [1.29, 1.82) is 0 Å². The highest BCUT2D eigenvalue weighted by molar-refractivity contribution is 4.90. The zero-order valence-electron chi connectivity index (χ0n) is 11.8. The number of ether oxygens (including phenoxy) is 3. The standard InChI is InChI=1S/C12H22O10/c1-3-5(13)7(15)10(18)12(21-3)20-2-4-6(14)8(16)9(17)11(19)22-4/h3-19H,2H2,1H3/t3-,4+,5+,6+,7+,8-,9+,10-,11+,12+/m0/s1. The van der Waals surface area contributed by atoms with Gasteiger partial charge < -0.3 is 50.0 Å². The van der Waals surface area contributed by atoms with Crippen LogP contribution in [-0.4, -0.2) is 104 Å². The molecule has 0 spiro atoms. The van der Waals surface area contributed by atoms with Crippen LogP contribution in [0, 0.1) is 0 Å². The minimum atomic E-state index is -1.70. The van der Waals surface area contributed by atoms with Gasteiger partial charge in [-0.3, -0.25) is 0 Å². The quantitative estimate of drug-likeness (QED) is 0.269. The first-order valence-corrected chi connectivity index (χ1v) is 6.93. The Bertz CT molecular complexity index is 334. The average molecular weight is 326 g/mol. The Morgan fingerprint density at radius 1 is 0.727 bits per heavy atom. The monoisotopic (exact) mass is 326 g/mol. The van der Waals surface area contributed by atoms with Gasteiger partial charge in [0.25, 0.3) is 0 Å². The van der Waals surface area contributed by atoms with Gasteiger partial charge in [-0.05, 0) is 6.92 Å². The highest BCUT2D eigenvalue weighted by atomic mass is 16.7. The van der Waals surface area contributed by atoms with Crippen molar-refractivity contribution in [3.05, 3.63) is 0 Å². The molecule has 130 valence electrons. The molecule has 0 saturated carbocycles. The van der Waals surface area contributed by atoms with Crippen LogP contribution >= 0.6 is 0 Å². The summed E-state index contributed by atoms with van der Waals surface area (Å²) in [6, 6.07) is 0. The molecule has 0 amide bonds. The molecule has 10 atom stereocenters. The number of hydrogen-bond donors (Lipinski definition) is 7. The number of hydrogen-bond acceptors (Lipinski definition) is 10. The van der Waals surface area contributed by atoms with E-state index in [4.69, 9.17) is 14.2 Å². The predicted molar refractivity (Wildman–Crippen MR) is 67.2 cm³/mol. The lowest BCUT2D eigenvalue weighted by atomic mass is 9.99. The molecule has 10 heteroatoms. The fraction of sp³-hybridized carbons (Fsp3) is 1.00. The van der Waals surface area contributed by atoms with Crippen LogP contribution in [0.25, 0.3) is 0 Å². The topological polar surface area (TPSA) is 169 Å². The second-order valence-electron chi connectivity index (χ2n) is 5.55. The summed E-state index contributed by atoms with van der Waals surface area (Å²) in [4.78, 5) is 0. The van der Waals surface area contributed by atoms with Gasteiger partial charge in [0.15, 0.2) is 12.6 Å². The Kier molecular flexibility index (Phi) is 5.72. The molecule has 7 N–H and O–H groups in total. The molecule has 2 aliphatic rings. The van der Waals surface area contributed by atoms with Crippen molar-refractivity contribution in [3.63, 3.8) is 0 Å². The third kappa shape index (κ3) is 3.41. The largest absolute Gasteiger partial charge is 0.388 e. The van der Waals surface area contributed by atoms with E-state index in [1.54, 1.807) is 0 Å². The zero-order chi connectivity index (χ0) is 16.6. The summed E-state index contributed by atoms with van der Waals surface area (Å²) in [7, 11) is 0. The maximum absolute atomic E-state index is 9.76.